The van der Waals surface area contributed by atoms with Gasteiger partial charge in [-0.2, -0.15) is 0 Å². The van der Waals surface area contributed by atoms with Crippen molar-refractivity contribution in [1.82, 2.24) is 0 Å². The minimum absolute atomic E-state index is 0.0392. The van der Waals surface area contributed by atoms with E-state index in [0.29, 0.717) is 5.02 Å². The predicted molar refractivity (Wildman–Crippen MR) is 120 cm³/mol. The molecule has 6 nitrogen and oxygen atoms in total. The third kappa shape index (κ3) is 5.07. The molecular formula is C20H18Cl2N2O4S2. The van der Waals surface area contributed by atoms with Gasteiger partial charge in [0, 0.05) is 5.69 Å². The van der Waals surface area contributed by atoms with Gasteiger partial charge in [-0.25, -0.2) is 16.8 Å². The Morgan fingerprint density at radius 2 is 1.13 bits per heavy atom. The van der Waals surface area contributed by atoms with Gasteiger partial charge in [-0.05, 0) is 79.6 Å². The van der Waals surface area contributed by atoms with Crippen molar-refractivity contribution in [2.75, 3.05) is 9.44 Å². The van der Waals surface area contributed by atoms with Crippen LogP contribution in [0.15, 0.2) is 70.5 Å². The molecule has 0 atom stereocenters. The summed E-state index contributed by atoms with van der Waals surface area (Å²) < 4.78 is 55.1. The van der Waals surface area contributed by atoms with Crippen LogP contribution in [0.4, 0.5) is 11.4 Å². The average Bonchev–Trinajstić information content (AvgIpc) is 2.67. The van der Waals surface area contributed by atoms with Crippen molar-refractivity contribution >= 4 is 54.6 Å². The highest BCUT2D eigenvalue weighted by Crippen LogP contribution is 2.27. The second-order valence-corrected chi connectivity index (χ2v) is 10.8. The molecule has 0 unspecified atom stereocenters. The Morgan fingerprint density at radius 1 is 0.600 bits per heavy atom. The van der Waals surface area contributed by atoms with E-state index in [9.17, 15) is 16.8 Å². The van der Waals surface area contributed by atoms with Gasteiger partial charge in [0.1, 0.15) is 0 Å². The van der Waals surface area contributed by atoms with Crippen molar-refractivity contribution in [2.24, 2.45) is 0 Å². The van der Waals surface area contributed by atoms with Crippen LogP contribution in [0.2, 0.25) is 10.0 Å². The first-order valence-electron chi connectivity index (χ1n) is 8.66. The highest BCUT2D eigenvalue weighted by Gasteiger charge is 2.17. The summed E-state index contributed by atoms with van der Waals surface area (Å²) in [6.45, 7) is 3.72. The lowest BCUT2D eigenvalue weighted by molar-refractivity contribution is 0.600. The minimum atomic E-state index is -3.89. The number of hydrogen-bond donors (Lipinski definition) is 2. The lowest BCUT2D eigenvalue weighted by Gasteiger charge is -2.11. The van der Waals surface area contributed by atoms with E-state index in [1.807, 2.05) is 13.8 Å². The molecule has 158 valence electrons. The summed E-state index contributed by atoms with van der Waals surface area (Å²) in [6, 6.07) is 14.6. The normalized spacial score (nSPS) is 11.9. The molecule has 0 aliphatic heterocycles. The van der Waals surface area contributed by atoms with Crippen LogP contribution in [0.3, 0.4) is 0 Å². The molecular weight excluding hydrogens is 467 g/mol. The van der Waals surface area contributed by atoms with E-state index in [2.05, 4.69) is 9.44 Å². The summed E-state index contributed by atoms with van der Waals surface area (Å²) in [6.07, 6.45) is 0. The number of halogens is 2. The maximum absolute atomic E-state index is 12.6. The average molecular weight is 485 g/mol. The van der Waals surface area contributed by atoms with Gasteiger partial charge in [0.15, 0.2) is 0 Å². The lowest BCUT2D eigenvalue weighted by atomic mass is 10.1. The number of aryl methyl sites for hydroxylation is 2. The summed E-state index contributed by atoms with van der Waals surface area (Å²) in [5.74, 6) is 0. The largest absolute Gasteiger partial charge is 0.280 e. The third-order valence-corrected chi connectivity index (χ3v) is 7.89. The van der Waals surface area contributed by atoms with E-state index >= 15 is 0 Å². The van der Waals surface area contributed by atoms with E-state index in [0.717, 1.165) is 11.1 Å². The number of anilines is 2. The quantitative estimate of drug-likeness (QED) is 0.501. The SMILES string of the molecule is Cc1ccc(S(=O)(=O)Nc2ccc(S(=O)(=O)Nc3ccc(Cl)c(Cl)c3)cc2)cc1C. The first-order valence-corrected chi connectivity index (χ1v) is 12.4. The fourth-order valence-electron chi connectivity index (χ4n) is 2.57. The van der Waals surface area contributed by atoms with Gasteiger partial charge >= 0.3 is 0 Å². The molecule has 0 aliphatic rings. The summed E-state index contributed by atoms with van der Waals surface area (Å²) >= 11 is 11.7. The molecule has 10 heteroatoms. The van der Waals surface area contributed by atoms with Gasteiger partial charge in [-0.3, -0.25) is 9.44 Å². The molecule has 3 aromatic rings. The predicted octanol–water partition coefficient (Wildman–Crippen LogP) is 5.21. The maximum Gasteiger partial charge on any atom is 0.261 e. The number of rotatable bonds is 6. The molecule has 0 radical (unpaired) electrons. The number of benzene rings is 3. The van der Waals surface area contributed by atoms with E-state index in [1.54, 1.807) is 12.1 Å². The van der Waals surface area contributed by atoms with Crippen LogP contribution in [-0.2, 0) is 20.0 Å². The second-order valence-electron chi connectivity index (χ2n) is 6.61. The van der Waals surface area contributed by atoms with Crippen LogP contribution >= 0.6 is 23.2 Å². The molecule has 0 fully saturated rings. The standard InChI is InChI=1S/C20H18Cl2N2O4S2/c1-13-3-7-18(11-14(13)2)30(27,28)23-15-4-8-17(9-5-15)29(25,26)24-16-6-10-19(21)20(22)12-16/h3-12,23-24H,1-2H3. The van der Waals surface area contributed by atoms with Gasteiger partial charge in [0.05, 0.1) is 25.5 Å². The van der Waals surface area contributed by atoms with Gasteiger partial charge in [0.2, 0.25) is 0 Å². The van der Waals surface area contributed by atoms with Gasteiger partial charge in [0.25, 0.3) is 20.0 Å². The van der Waals surface area contributed by atoms with Crippen molar-refractivity contribution in [3.05, 3.63) is 81.8 Å². The number of nitrogens with one attached hydrogen (secondary N) is 2. The first kappa shape index (κ1) is 22.4. The summed E-state index contributed by atoms with van der Waals surface area (Å²) in [5, 5.41) is 0.521. The molecule has 2 N–H and O–H groups in total. The van der Waals surface area contributed by atoms with E-state index in [1.165, 1.54) is 48.5 Å². The van der Waals surface area contributed by atoms with Gasteiger partial charge < -0.3 is 0 Å². The zero-order valence-corrected chi connectivity index (χ0v) is 19.1. The Kier molecular flexibility index (Phi) is 6.33. The first-order chi connectivity index (χ1) is 14.0. The van der Waals surface area contributed by atoms with Crippen molar-refractivity contribution in [3.63, 3.8) is 0 Å². The number of hydrogen-bond acceptors (Lipinski definition) is 4. The van der Waals surface area contributed by atoms with Gasteiger partial charge in [-0.15, -0.1) is 0 Å². The zero-order chi connectivity index (χ0) is 22.1. The van der Waals surface area contributed by atoms with E-state index in [-0.39, 0.29) is 26.2 Å². The zero-order valence-electron chi connectivity index (χ0n) is 16.0. The highest BCUT2D eigenvalue weighted by atomic mass is 35.5. The molecule has 3 rings (SSSR count). The van der Waals surface area contributed by atoms with Crippen LogP contribution in [0.25, 0.3) is 0 Å². The molecule has 0 aliphatic carbocycles. The molecule has 3 aromatic carbocycles. The molecule has 0 heterocycles. The van der Waals surface area contributed by atoms with E-state index < -0.39 is 20.0 Å². The van der Waals surface area contributed by atoms with Crippen LogP contribution in [-0.4, -0.2) is 16.8 Å². The van der Waals surface area contributed by atoms with Crippen molar-refractivity contribution < 1.29 is 16.8 Å². The molecule has 30 heavy (non-hydrogen) atoms. The Hall–Kier alpha value is -2.26. The summed E-state index contributed by atoms with van der Waals surface area (Å²) in [7, 11) is -7.70. The second kappa shape index (κ2) is 8.47. The van der Waals surface area contributed by atoms with Crippen molar-refractivity contribution in [3.8, 4) is 0 Å². The molecule has 0 saturated carbocycles. The van der Waals surface area contributed by atoms with Crippen molar-refractivity contribution in [1.29, 1.82) is 0 Å². The summed E-state index contributed by atoms with van der Waals surface area (Å²) in [5.41, 5.74) is 2.33. The third-order valence-electron chi connectivity index (χ3n) is 4.38. The molecule has 0 bridgehead atoms. The molecule has 0 amide bonds. The molecule has 0 spiro atoms. The Bertz CT molecular complexity index is 1310. The summed E-state index contributed by atoms with van der Waals surface area (Å²) in [4.78, 5) is 0.0892. The maximum atomic E-state index is 12.6. The minimum Gasteiger partial charge on any atom is -0.280 e. The fraction of sp³-hybridized carbons (Fsp3) is 0.100. The fourth-order valence-corrected chi connectivity index (χ4v) is 5.06. The molecule has 0 aromatic heterocycles. The van der Waals surface area contributed by atoms with Crippen LogP contribution in [0.1, 0.15) is 11.1 Å². The molecule has 0 saturated heterocycles. The van der Waals surface area contributed by atoms with Crippen LogP contribution in [0, 0.1) is 13.8 Å². The number of sulfonamides is 2. The smallest absolute Gasteiger partial charge is 0.261 e. The Morgan fingerprint density at radius 3 is 1.73 bits per heavy atom. The van der Waals surface area contributed by atoms with Gasteiger partial charge in [-0.1, -0.05) is 29.3 Å². The Labute approximate surface area is 186 Å². The topological polar surface area (TPSA) is 92.3 Å². The highest BCUT2D eigenvalue weighted by molar-refractivity contribution is 7.93. The van der Waals surface area contributed by atoms with E-state index in [4.69, 9.17) is 23.2 Å². The van der Waals surface area contributed by atoms with Crippen molar-refractivity contribution in [2.45, 2.75) is 23.6 Å². The Balaban J connectivity index is 1.79. The lowest BCUT2D eigenvalue weighted by Crippen LogP contribution is -2.15. The van der Waals surface area contributed by atoms with Crippen LogP contribution < -0.4 is 9.44 Å². The van der Waals surface area contributed by atoms with Crippen LogP contribution in [0.5, 0.6) is 0 Å². The monoisotopic (exact) mass is 484 g/mol.